The minimum absolute atomic E-state index is 0.399. The van der Waals surface area contributed by atoms with Crippen molar-refractivity contribution in [3.63, 3.8) is 0 Å². The monoisotopic (exact) mass is 241 g/mol. The van der Waals surface area contributed by atoms with Crippen LogP contribution in [0.4, 0.5) is 5.82 Å². The molecule has 0 spiro atoms. The average molecular weight is 241 g/mol. The third-order valence-electron chi connectivity index (χ3n) is 2.41. The van der Waals surface area contributed by atoms with Crippen molar-refractivity contribution >= 4 is 18.0 Å². The molecule has 0 saturated carbocycles. The Balaban J connectivity index is 1.73. The molecule has 0 unspecified atom stereocenters. The van der Waals surface area contributed by atoms with Gasteiger partial charge < -0.3 is 10.1 Å². The zero-order chi connectivity index (χ0) is 11.2. The summed E-state index contributed by atoms with van der Waals surface area (Å²) in [6.45, 7) is 5.49. The number of hydrogen-bond acceptors (Lipinski definition) is 6. The van der Waals surface area contributed by atoms with Crippen LogP contribution in [-0.4, -0.2) is 59.5 Å². The van der Waals surface area contributed by atoms with E-state index in [1.807, 2.05) is 0 Å². The molecule has 16 heavy (non-hydrogen) atoms. The minimum Gasteiger partial charge on any atom is -0.379 e. The van der Waals surface area contributed by atoms with Gasteiger partial charge >= 0.3 is 0 Å². The Labute approximate surface area is 99.0 Å². The summed E-state index contributed by atoms with van der Waals surface area (Å²) in [4.78, 5) is 6.45. The number of nitrogens with one attached hydrogen (secondary N) is 2. The lowest BCUT2D eigenvalue weighted by Crippen LogP contribution is -2.39. The van der Waals surface area contributed by atoms with Gasteiger partial charge in [0, 0.05) is 26.2 Å². The fraction of sp³-hybridized carbons (Fsp3) is 0.667. The molecule has 0 amide bonds. The first-order chi connectivity index (χ1) is 7.84. The van der Waals surface area contributed by atoms with Gasteiger partial charge in [0.05, 0.1) is 19.4 Å². The van der Waals surface area contributed by atoms with Gasteiger partial charge in [-0.25, -0.2) is 4.98 Å². The molecular weight excluding hydrogens is 226 g/mol. The minimum atomic E-state index is 0.399. The van der Waals surface area contributed by atoms with Gasteiger partial charge in [0.2, 0.25) is 4.77 Å². The first-order valence-corrected chi connectivity index (χ1v) is 5.71. The molecule has 2 rings (SSSR count). The Morgan fingerprint density at radius 3 is 3.06 bits per heavy atom. The molecule has 1 aromatic rings. The Hall–Kier alpha value is -1.05. The van der Waals surface area contributed by atoms with E-state index in [0.29, 0.717) is 4.77 Å². The SMILES string of the molecule is S=c1nc(NCCN2CCOCC2)cn[nH]1. The summed E-state index contributed by atoms with van der Waals surface area (Å²) in [5, 5.41) is 9.65. The van der Waals surface area contributed by atoms with Gasteiger partial charge in [-0.15, -0.1) is 0 Å². The van der Waals surface area contributed by atoms with E-state index in [9.17, 15) is 0 Å². The summed E-state index contributed by atoms with van der Waals surface area (Å²) < 4.78 is 5.68. The highest BCUT2D eigenvalue weighted by Crippen LogP contribution is 1.98. The van der Waals surface area contributed by atoms with Crippen LogP contribution in [-0.2, 0) is 4.74 Å². The summed E-state index contributed by atoms with van der Waals surface area (Å²) >= 11 is 4.88. The Bertz CT molecular complexity index is 376. The number of rotatable bonds is 4. The highest BCUT2D eigenvalue weighted by Gasteiger charge is 2.09. The highest BCUT2D eigenvalue weighted by atomic mass is 32.1. The summed E-state index contributed by atoms with van der Waals surface area (Å²) in [6.07, 6.45) is 1.63. The van der Waals surface area contributed by atoms with Gasteiger partial charge in [0.15, 0.2) is 0 Å². The number of H-pyrrole nitrogens is 1. The molecule has 0 aliphatic carbocycles. The second kappa shape index (κ2) is 5.88. The van der Waals surface area contributed by atoms with E-state index in [4.69, 9.17) is 17.0 Å². The van der Waals surface area contributed by atoms with Crippen LogP contribution in [0.5, 0.6) is 0 Å². The highest BCUT2D eigenvalue weighted by molar-refractivity contribution is 7.71. The van der Waals surface area contributed by atoms with Crippen LogP contribution in [0.3, 0.4) is 0 Å². The number of aromatic amines is 1. The molecule has 6 nitrogen and oxygen atoms in total. The van der Waals surface area contributed by atoms with Crippen LogP contribution < -0.4 is 5.32 Å². The molecule has 2 heterocycles. The Morgan fingerprint density at radius 2 is 2.31 bits per heavy atom. The molecule has 1 fully saturated rings. The van der Waals surface area contributed by atoms with Crippen molar-refractivity contribution in [1.29, 1.82) is 0 Å². The molecule has 88 valence electrons. The van der Waals surface area contributed by atoms with Gasteiger partial charge in [-0.1, -0.05) is 0 Å². The van der Waals surface area contributed by atoms with Crippen molar-refractivity contribution < 1.29 is 4.74 Å². The third-order valence-corrected chi connectivity index (χ3v) is 2.59. The number of anilines is 1. The van der Waals surface area contributed by atoms with E-state index < -0.39 is 0 Å². The fourth-order valence-corrected chi connectivity index (χ4v) is 1.71. The summed E-state index contributed by atoms with van der Waals surface area (Å²) in [5.74, 6) is 0.719. The average Bonchev–Trinajstić information content (AvgIpc) is 2.30. The smallest absolute Gasteiger partial charge is 0.215 e. The van der Waals surface area contributed by atoms with Crippen molar-refractivity contribution in [3.8, 4) is 0 Å². The van der Waals surface area contributed by atoms with Crippen molar-refractivity contribution in [2.24, 2.45) is 0 Å². The predicted octanol–water partition coefficient (Wildman–Crippen LogP) is 0.278. The van der Waals surface area contributed by atoms with Crippen molar-refractivity contribution in [2.45, 2.75) is 0 Å². The van der Waals surface area contributed by atoms with Crippen LogP contribution in [0, 0.1) is 4.77 Å². The van der Waals surface area contributed by atoms with Crippen molar-refractivity contribution in [2.75, 3.05) is 44.7 Å². The number of ether oxygens (including phenoxy) is 1. The number of aromatic nitrogens is 3. The van der Waals surface area contributed by atoms with Gasteiger partial charge in [-0.05, 0) is 12.2 Å². The van der Waals surface area contributed by atoms with E-state index in [-0.39, 0.29) is 0 Å². The molecule has 2 N–H and O–H groups in total. The quantitative estimate of drug-likeness (QED) is 0.738. The van der Waals surface area contributed by atoms with Gasteiger partial charge in [0.1, 0.15) is 5.82 Å². The second-order valence-corrected chi connectivity index (χ2v) is 3.94. The fourth-order valence-electron chi connectivity index (χ4n) is 1.56. The van der Waals surface area contributed by atoms with Gasteiger partial charge in [0.25, 0.3) is 0 Å². The Kier molecular flexibility index (Phi) is 4.20. The van der Waals surface area contributed by atoms with Crippen molar-refractivity contribution in [1.82, 2.24) is 20.1 Å². The van der Waals surface area contributed by atoms with Crippen LogP contribution in [0.2, 0.25) is 0 Å². The lowest BCUT2D eigenvalue weighted by molar-refractivity contribution is 0.0398. The molecule has 0 atom stereocenters. The van der Waals surface area contributed by atoms with Crippen molar-refractivity contribution in [3.05, 3.63) is 11.0 Å². The molecule has 0 bridgehead atoms. The Morgan fingerprint density at radius 1 is 1.50 bits per heavy atom. The van der Waals surface area contributed by atoms with Crippen LogP contribution in [0.25, 0.3) is 0 Å². The van der Waals surface area contributed by atoms with E-state index in [0.717, 1.165) is 45.2 Å². The molecular formula is C9H15N5OS. The molecule has 1 aliphatic rings. The van der Waals surface area contributed by atoms with Crippen LogP contribution in [0.1, 0.15) is 0 Å². The van der Waals surface area contributed by atoms with E-state index in [2.05, 4.69) is 25.4 Å². The maximum Gasteiger partial charge on any atom is 0.215 e. The first-order valence-electron chi connectivity index (χ1n) is 5.30. The molecule has 1 aliphatic heterocycles. The standard InChI is InChI=1S/C9H15N5OS/c16-9-12-8(7-11-13-9)10-1-2-14-3-5-15-6-4-14/h7H,1-6H2,(H2,10,12,13,16). The molecule has 7 heteroatoms. The molecule has 0 radical (unpaired) electrons. The second-order valence-electron chi connectivity index (χ2n) is 3.55. The van der Waals surface area contributed by atoms with Gasteiger partial charge in [-0.3, -0.25) is 10.00 Å². The zero-order valence-electron chi connectivity index (χ0n) is 8.98. The summed E-state index contributed by atoms with van der Waals surface area (Å²) in [7, 11) is 0. The number of nitrogens with zero attached hydrogens (tertiary/aromatic N) is 3. The largest absolute Gasteiger partial charge is 0.379 e. The van der Waals surface area contributed by atoms with E-state index in [1.165, 1.54) is 0 Å². The first kappa shape index (κ1) is 11.4. The maximum absolute atomic E-state index is 5.28. The summed E-state index contributed by atoms with van der Waals surface area (Å²) in [5.41, 5.74) is 0. The van der Waals surface area contributed by atoms with E-state index >= 15 is 0 Å². The number of hydrogen-bond donors (Lipinski definition) is 2. The van der Waals surface area contributed by atoms with Gasteiger partial charge in [-0.2, -0.15) is 5.10 Å². The lowest BCUT2D eigenvalue weighted by atomic mass is 10.4. The molecule has 1 aromatic heterocycles. The normalized spacial score (nSPS) is 17.2. The van der Waals surface area contributed by atoms with Crippen LogP contribution in [0.15, 0.2) is 6.20 Å². The topological polar surface area (TPSA) is 66.1 Å². The predicted molar refractivity (Wildman–Crippen MR) is 63.0 cm³/mol. The molecule has 0 aromatic carbocycles. The maximum atomic E-state index is 5.28. The van der Waals surface area contributed by atoms with E-state index in [1.54, 1.807) is 6.20 Å². The van der Waals surface area contributed by atoms with Crippen LogP contribution >= 0.6 is 12.2 Å². The third kappa shape index (κ3) is 3.51. The lowest BCUT2D eigenvalue weighted by Gasteiger charge is -2.26. The zero-order valence-corrected chi connectivity index (χ0v) is 9.79. The number of morpholine rings is 1. The molecule has 1 saturated heterocycles. The summed E-state index contributed by atoms with van der Waals surface area (Å²) in [6, 6.07) is 0.